The van der Waals surface area contributed by atoms with E-state index in [1.54, 1.807) is 0 Å². The molecule has 3 rings (SSSR count). The Bertz CT molecular complexity index is 789. The van der Waals surface area contributed by atoms with E-state index in [0.717, 1.165) is 21.5 Å². The minimum Gasteiger partial charge on any atom is -0.247 e. The number of fused-ring (bicyclic) bond motifs is 3. The predicted octanol–water partition coefficient (Wildman–Crippen LogP) is 4.68. The zero-order valence-corrected chi connectivity index (χ0v) is 11.3. The lowest BCUT2D eigenvalue weighted by Crippen LogP contribution is -2.01. The van der Waals surface area contributed by atoms with Gasteiger partial charge in [-0.25, -0.2) is 4.98 Å². The van der Waals surface area contributed by atoms with Gasteiger partial charge in [0.25, 0.3) is 0 Å². The van der Waals surface area contributed by atoms with Gasteiger partial charge in [-0.05, 0) is 11.5 Å². The van der Waals surface area contributed by atoms with Crippen LogP contribution >= 0.6 is 12.2 Å². The standard InChI is InChI=1S/C17H13NS/c1-2-7-16(19)17-14-10-4-3-8-12(14)13-9-5-6-11-15(13)18-17/h2-6,8-11H,1,7H2. The molecule has 19 heavy (non-hydrogen) atoms. The summed E-state index contributed by atoms with van der Waals surface area (Å²) in [6.07, 6.45) is 2.51. The zero-order valence-electron chi connectivity index (χ0n) is 10.5. The van der Waals surface area contributed by atoms with Crippen LogP contribution in [-0.2, 0) is 0 Å². The van der Waals surface area contributed by atoms with Gasteiger partial charge in [0.15, 0.2) is 0 Å². The van der Waals surface area contributed by atoms with Crippen molar-refractivity contribution in [2.45, 2.75) is 6.42 Å². The van der Waals surface area contributed by atoms with Crippen molar-refractivity contribution in [2.24, 2.45) is 0 Å². The maximum atomic E-state index is 5.48. The number of hydrogen-bond donors (Lipinski definition) is 0. The molecule has 0 atom stereocenters. The molecule has 1 aromatic heterocycles. The fourth-order valence-corrected chi connectivity index (χ4v) is 2.62. The minimum atomic E-state index is 0.685. The molecule has 0 amide bonds. The maximum Gasteiger partial charge on any atom is 0.0858 e. The number of pyridine rings is 1. The van der Waals surface area contributed by atoms with Crippen molar-refractivity contribution in [2.75, 3.05) is 0 Å². The summed E-state index contributed by atoms with van der Waals surface area (Å²) in [5.74, 6) is 0. The van der Waals surface area contributed by atoms with Crippen LogP contribution in [-0.4, -0.2) is 9.85 Å². The van der Waals surface area contributed by atoms with Gasteiger partial charge in [-0.15, -0.1) is 6.58 Å². The van der Waals surface area contributed by atoms with E-state index in [1.165, 1.54) is 10.8 Å². The molecule has 0 bridgehead atoms. The molecule has 0 N–H and O–H groups in total. The van der Waals surface area contributed by atoms with Crippen LogP contribution in [0.25, 0.3) is 21.7 Å². The number of hydrogen-bond acceptors (Lipinski definition) is 2. The highest BCUT2D eigenvalue weighted by Crippen LogP contribution is 2.27. The Kier molecular flexibility index (Phi) is 3.10. The van der Waals surface area contributed by atoms with Crippen molar-refractivity contribution >= 4 is 38.8 Å². The monoisotopic (exact) mass is 263 g/mol. The number of para-hydroxylation sites is 1. The molecule has 0 saturated carbocycles. The van der Waals surface area contributed by atoms with Crippen molar-refractivity contribution < 1.29 is 0 Å². The van der Waals surface area contributed by atoms with Gasteiger partial charge in [0.2, 0.25) is 0 Å². The Morgan fingerprint density at radius 2 is 1.63 bits per heavy atom. The number of allylic oxidation sites excluding steroid dienone is 1. The van der Waals surface area contributed by atoms with E-state index < -0.39 is 0 Å². The van der Waals surface area contributed by atoms with Crippen LogP contribution in [0, 0.1) is 0 Å². The second-order valence-corrected chi connectivity index (χ2v) is 4.93. The molecule has 0 aliphatic carbocycles. The lowest BCUT2D eigenvalue weighted by molar-refractivity contribution is 1.37. The number of benzene rings is 2. The van der Waals surface area contributed by atoms with Gasteiger partial charge in [-0.1, -0.05) is 60.8 Å². The summed E-state index contributed by atoms with van der Waals surface area (Å²) in [7, 11) is 0. The Balaban J connectivity index is 2.42. The average Bonchev–Trinajstić information content (AvgIpc) is 2.46. The normalized spacial score (nSPS) is 10.7. The molecule has 92 valence electrons. The molecule has 3 aromatic rings. The van der Waals surface area contributed by atoms with Crippen LogP contribution in [0.4, 0.5) is 0 Å². The first-order chi connectivity index (χ1) is 9.31. The highest BCUT2D eigenvalue weighted by Gasteiger charge is 2.10. The molecule has 0 unspecified atom stereocenters. The Hall–Kier alpha value is -2.06. The third kappa shape index (κ3) is 2.04. The zero-order chi connectivity index (χ0) is 13.2. The fraction of sp³-hybridized carbons (Fsp3) is 0.0588. The first-order valence-electron chi connectivity index (χ1n) is 6.23. The lowest BCUT2D eigenvalue weighted by Gasteiger charge is -2.09. The van der Waals surface area contributed by atoms with Crippen molar-refractivity contribution in [3.8, 4) is 0 Å². The summed E-state index contributed by atoms with van der Waals surface area (Å²) < 4.78 is 0. The highest BCUT2D eigenvalue weighted by molar-refractivity contribution is 7.80. The van der Waals surface area contributed by atoms with E-state index in [9.17, 15) is 0 Å². The van der Waals surface area contributed by atoms with E-state index in [1.807, 2.05) is 30.3 Å². The van der Waals surface area contributed by atoms with Crippen LogP contribution in [0.15, 0.2) is 61.2 Å². The average molecular weight is 263 g/mol. The maximum absolute atomic E-state index is 5.48. The SMILES string of the molecule is C=CCC(=S)c1nc2ccccc2c2ccccc12. The Labute approximate surface area is 117 Å². The van der Waals surface area contributed by atoms with Crippen molar-refractivity contribution in [3.05, 3.63) is 66.9 Å². The van der Waals surface area contributed by atoms with Crippen LogP contribution < -0.4 is 0 Å². The molecular formula is C17H13NS. The number of aromatic nitrogens is 1. The van der Waals surface area contributed by atoms with E-state index >= 15 is 0 Å². The van der Waals surface area contributed by atoms with Crippen LogP contribution in [0.3, 0.4) is 0 Å². The molecular weight excluding hydrogens is 250 g/mol. The minimum absolute atomic E-state index is 0.685. The van der Waals surface area contributed by atoms with Gasteiger partial charge in [-0.2, -0.15) is 0 Å². The summed E-state index contributed by atoms with van der Waals surface area (Å²) in [6.45, 7) is 3.75. The van der Waals surface area contributed by atoms with Crippen molar-refractivity contribution in [3.63, 3.8) is 0 Å². The summed E-state index contributed by atoms with van der Waals surface area (Å²) in [5, 5.41) is 3.49. The van der Waals surface area contributed by atoms with Gasteiger partial charge in [0.05, 0.1) is 11.2 Å². The molecule has 0 saturated heterocycles. The largest absolute Gasteiger partial charge is 0.247 e. The fourth-order valence-electron chi connectivity index (χ4n) is 2.34. The van der Waals surface area contributed by atoms with Crippen LogP contribution in [0.1, 0.15) is 12.1 Å². The molecule has 2 aromatic carbocycles. The van der Waals surface area contributed by atoms with Crippen LogP contribution in [0.5, 0.6) is 0 Å². The summed E-state index contributed by atoms with van der Waals surface area (Å²) in [5.41, 5.74) is 1.90. The van der Waals surface area contributed by atoms with E-state index in [0.29, 0.717) is 6.42 Å². The molecule has 0 aliphatic heterocycles. The van der Waals surface area contributed by atoms with Crippen molar-refractivity contribution in [1.82, 2.24) is 4.98 Å². The Morgan fingerprint density at radius 1 is 1.00 bits per heavy atom. The first-order valence-corrected chi connectivity index (χ1v) is 6.63. The van der Waals surface area contributed by atoms with Gasteiger partial charge in [0.1, 0.15) is 0 Å². The molecule has 1 heterocycles. The molecule has 0 spiro atoms. The van der Waals surface area contributed by atoms with Crippen LogP contribution in [0.2, 0.25) is 0 Å². The Morgan fingerprint density at radius 3 is 2.37 bits per heavy atom. The molecule has 0 aliphatic rings. The van der Waals surface area contributed by atoms with E-state index in [-0.39, 0.29) is 0 Å². The third-order valence-corrected chi connectivity index (χ3v) is 3.56. The number of nitrogens with zero attached hydrogens (tertiary/aromatic N) is 1. The van der Waals surface area contributed by atoms with Gasteiger partial charge >= 0.3 is 0 Å². The number of thiocarbonyl (C=S) groups is 1. The quantitative estimate of drug-likeness (QED) is 0.294. The van der Waals surface area contributed by atoms with E-state index in [4.69, 9.17) is 17.2 Å². The molecule has 0 radical (unpaired) electrons. The third-order valence-electron chi connectivity index (χ3n) is 3.20. The smallest absolute Gasteiger partial charge is 0.0858 e. The van der Waals surface area contributed by atoms with Crippen molar-refractivity contribution in [1.29, 1.82) is 0 Å². The second kappa shape index (κ2) is 4.90. The topological polar surface area (TPSA) is 12.9 Å². The van der Waals surface area contributed by atoms with E-state index in [2.05, 4.69) is 30.8 Å². The first kappa shape index (κ1) is 12.0. The second-order valence-electron chi connectivity index (χ2n) is 4.44. The number of rotatable bonds is 3. The predicted molar refractivity (Wildman–Crippen MR) is 85.8 cm³/mol. The summed E-state index contributed by atoms with van der Waals surface area (Å²) in [6, 6.07) is 16.5. The van der Waals surface area contributed by atoms with Gasteiger partial charge in [0, 0.05) is 22.1 Å². The summed E-state index contributed by atoms with van der Waals surface area (Å²) in [4.78, 5) is 5.58. The molecule has 1 nitrogen and oxygen atoms in total. The summed E-state index contributed by atoms with van der Waals surface area (Å²) >= 11 is 5.48. The highest BCUT2D eigenvalue weighted by atomic mass is 32.1. The molecule has 0 fully saturated rings. The molecule has 2 heteroatoms. The lowest BCUT2D eigenvalue weighted by atomic mass is 10.0. The van der Waals surface area contributed by atoms with Gasteiger partial charge in [-0.3, -0.25) is 0 Å². The van der Waals surface area contributed by atoms with Gasteiger partial charge < -0.3 is 0 Å².